The van der Waals surface area contributed by atoms with E-state index in [1.807, 2.05) is 0 Å². The van der Waals surface area contributed by atoms with Crippen molar-refractivity contribution in [2.45, 2.75) is 18.9 Å². The van der Waals surface area contributed by atoms with Crippen molar-refractivity contribution in [1.29, 1.82) is 0 Å². The van der Waals surface area contributed by atoms with Crippen molar-refractivity contribution >= 4 is 11.6 Å². The zero-order valence-electron chi connectivity index (χ0n) is 11.6. The topological polar surface area (TPSA) is 35.6 Å². The quantitative estimate of drug-likeness (QED) is 0.830. The van der Waals surface area contributed by atoms with Crippen LogP contribution in [0.1, 0.15) is 23.6 Å². The van der Waals surface area contributed by atoms with E-state index in [2.05, 4.69) is 47.4 Å². The molecule has 0 radical (unpaired) electrons. The fourth-order valence-corrected chi connectivity index (χ4v) is 2.98. The molecule has 1 saturated heterocycles. The zero-order chi connectivity index (χ0) is 13.4. The number of hydrogen-bond acceptors (Lipinski definition) is 3. The molecule has 102 valence electrons. The van der Waals surface area contributed by atoms with Crippen LogP contribution >= 0.6 is 0 Å². The van der Waals surface area contributed by atoms with Gasteiger partial charge in [-0.05, 0) is 37.7 Å². The Morgan fingerprint density at radius 2 is 2.05 bits per heavy atom. The number of fused-ring (bicyclic) bond motifs is 1. The Kier molecular flexibility index (Phi) is 3.29. The third-order valence-electron chi connectivity index (χ3n) is 4.26. The normalized spacial score (nSPS) is 24.9. The Labute approximate surface area is 114 Å². The van der Waals surface area contributed by atoms with Crippen molar-refractivity contribution in [2.75, 3.05) is 39.0 Å². The Morgan fingerprint density at radius 3 is 2.89 bits per heavy atom. The van der Waals surface area contributed by atoms with Crippen molar-refractivity contribution in [1.82, 2.24) is 9.80 Å². The number of likely N-dealkylation sites (N-methyl/N-ethyl adjacent to an activating group) is 2. The number of piperazine rings is 1. The molecule has 1 unspecified atom stereocenters. The lowest BCUT2D eigenvalue weighted by Gasteiger charge is -2.38. The van der Waals surface area contributed by atoms with Gasteiger partial charge in [-0.1, -0.05) is 12.1 Å². The van der Waals surface area contributed by atoms with Gasteiger partial charge < -0.3 is 10.2 Å². The number of nitrogens with one attached hydrogen (secondary N) is 1. The number of nitrogens with zero attached hydrogens (tertiary/aromatic N) is 2. The maximum Gasteiger partial charge on any atom is 0.224 e. The van der Waals surface area contributed by atoms with Crippen LogP contribution in [0.5, 0.6) is 0 Å². The van der Waals surface area contributed by atoms with E-state index < -0.39 is 0 Å². The molecule has 3 rings (SSSR count). The minimum absolute atomic E-state index is 0.134. The standard InChI is InChI=1S/C15H21N3O/c1-17-7-8-18(2)14(10-17)12-3-5-13-11(9-12)4-6-15(19)16-13/h3,5,9,14H,4,6-8,10H2,1-2H3,(H,16,19). The number of anilines is 1. The van der Waals surface area contributed by atoms with Crippen molar-refractivity contribution in [2.24, 2.45) is 0 Å². The molecule has 0 aliphatic carbocycles. The summed E-state index contributed by atoms with van der Waals surface area (Å²) in [5.41, 5.74) is 3.63. The third kappa shape index (κ3) is 2.51. The van der Waals surface area contributed by atoms with Gasteiger partial charge in [-0.2, -0.15) is 0 Å². The van der Waals surface area contributed by atoms with Gasteiger partial charge in [0.2, 0.25) is 5.91 Å². The fraction of sp³-hybridized carbons (Fsp3) is 0.533. The van der Waals surface area contributed by atoms with Crippen LogP contribution in [0.25, 0.3) is 0 Å². The number of benzene rings is 1. The molecule has 1 aromatic rings. The van der Waals surface area contributed by atoms with Crippen LogP contribution < -0.4 is 5.32 Å². The van der Waals surface area contributed by atoms with Crippen LogP contribution in [-0.2, 0) is 11.2 Å². The summed E-state index contributed by atoms with van der Waals surface area (Å²) in [7, 11) is 4.37. The number of carbonyl (C=O) groups excluding carboxylic acids is 1. The number of carbonyl (C=O) groups is 1. The molecule has 4 heteroatoms. The van der Waals surface area contributed by atoms with Gasteiger partial charge in [-0.3, -0.25) is 9.69 Å². The van der Waals surface area contributed by atoms with Gasteiger partial charge in [0, 0.05) is 37.8 Å². The first-order valence-electron chi connectivity index (χ1n) is 6.95. The molecule has 0 saturated carbocycles. The molecule has 1 amide bonds. The largest absolute Gasteiger partial charge is 0.326 e. The average Bonchev–Trinajstić information content (AvgIpc) is 2.41. The van der Waals surface area contributed by atoms with Gasteiger partial charge in [0.05, 0.1) is 0 Å². The smallest absolute Gasteiger partial charge is 0.224 e. The molecule has 2 aliphatic rings. The first-order chi connectivity index (χ1) is 9.13. The lowest BCUT2D eigenvalue weighted by Crippen LogP contribution is -2.44. The van der Waals surface area contributed by atoms with Crippen molar-refractivity contribution in [3.05, 3.63) is 29.3 Å². The molecule has 0 aromatic heterocycles. The summed E-state index contributed by atoms with van der Waals surface area (Å²) in [5, 5.41) is 2.95. The Hall–Kier alpha value is -1.39. The van der Waals surface area contributed by atoms with Crippen LogP contribution in [0, 0.1) is 0 Å². The van der Waals surface area contributed by atoms with Crippen molar-refractivity contribution < 1.29 is 4.79 Å². The lowest BCUT2D eigenvalue weighted by molar-refractivity contribution is -0.116. The summed E-state index contributed by atoms with van der Waals surface area (Å²) in [6, 6.07) is 6.95. The number of aryl methyl sites for hydroxylation is 1. The van der Waals surface area contributed by atoms with E-state index in [0.29, 0.717) is 12.5 Å². The monoisotopic (exact) mass is 259 g/mol. The van der Waals surface area contributed by atoms with E-state index in [1.165, 1.54) is 11.1 Å². The van der Waals surface area contributed by atoms with E-state index in [9.17, 15) is 4.79 Å². The second kappa shape index (κ2) is 4.94. The van der Waals surface area contributed by atoms with E-state index >= 15 is 0 Å². The molecular formula is C15H21N3O. The average molecular weight is 259 g/mol. The SMILES string of the molecule is CN1CCN(C)C(c2ccc3c(c2)CCC(=O)N3)C1. The highest BCUT2D eigenvalue weighted by molar-refractivity contribution is 5.93. The highest BCUT2D eigenvalue weighted by atomic mass is 16.1. The Morgan fingerprint density at radius 1 is 1.21 bits per heavy atom. The fourth-order valence-electron chi connectivity index (χ4n) is 2.98. The Balaban J connectivity index is 1.87. The zero-order valence-corrected chi connectivity index (χ0v) is 11.6. The predicted octanol–water partition coefficient (Wildman–Crippen LogP) is 1.49. The van der Waals surface area contributed by atoms with Gasteiger partial charge in [0.25, 0.3) is 0 Å². The first kappa shape index (κ1) is 12.6. The summed E-state index contributed by atoms with van der Waals surface area (Å²) in [5.74, 6) is 0.134. The number of amides is 1. The predicted molar refractivity (Wildman–Crippen MR) is 76.3 cm³/mol. The molecule has 19 heavy (non-hydrogen) atoms. The van der Waals surface area contributed by atoms with Crippen LogP contribution in [0.15, 0.2) is 18.2 Å². The second-order valence-corrected chi connectivity index (χ2v) is 5.72. The van der Waals surface area contributed by atoms with Crippen molar-refractivity contribution in [3.8, 4) is 0 Å². The van der Waals surface area contributed by atoms with E-state index in [1.54, 1.807) is 0 Å². The van der Waals surface area contributed by atoms with Gasteiger partial charge in [-0.15, -0.1) is 0 Å². The highest BCUT2D eigenvalue weighted by Gasteiger charge is 2.25. The molecular weight excluding hydrogens is 238 g/mol. The van der Waals surface area contributed by atoms with Gasteiger partial charge in [-0.25, -0.2) is 0 Å². The Bertz CT molecular complexity index is 500. The van der Waals surface area contributed by atoms with Crippen LogP contribution in [0.3, 0.4) is 0 Å². The molecule has 2 aliphatic heterocycles. The molecule has 4 nitrogen and oxygen atoms in total. The first-order valence-corrected chi connectivity index (χ1v) is 6.95. The van der Waals surface area contributed by atoms with Crippen LogP contribution in [-0.4, -0.2) is 49.4 Å². The summed E-state index contributed by atoms with van der Waals surface area (Å²) in [6.07, 6.45) is 1.47. The van der Waals surface area contributed by atoms with Crippen molar-refractivity contribution in [3.63, 3.8) is 0 Å². The van der Waals surface area contributed by atoms with Crippen LogP contribution in [0.2, 0.25) is 0 Å². The van der Waals surface area contributed by atoms with Gasteiger partial charge >= 0.3 is 0 Å². The highest BCUT2D eigenvalue weighted by Crippen LogP contribution is 2.29. The summed E-state index contributed by atoms with van der Waals surface area (Å²) in [4.78, 5) is 16.2. The minimum atomic E-state index is 0.134. The molecule has 1 N–H and O–H groups in total. The third-order valence-corrected chi connectivity index (χ3v) is 4.26. The van der Waals surface area contributed by atoms with Crippen LogP contribution in [0.4, 0.5) is 5.69 Å². The van der Waals surface area contributed by atoms with E-state index in [-0.39, 0.29) is 5.91 Å². The lowest BCUT2D eigenvalue weighted by atomic mass is 9.95. The molecule has 1 fully saturated rings. The van der Waals surface area contributed by atoms with E-state index in [4.69, 9.17) is 0 Å². The second-order valence-electron chi connectivity index (χ2n) is 5.72. The molecule has 1 atom stereocenters. The molecule has 0 bridgehead atoms. The summed E-state index contributed by atoms with van der Waals surface area (Å²) in [6.45, 7) is 3.31. The van der Waals surface area contributed by atoms with Gasteiger partial charge in [0.1, 0.15) is 0 Å². The van der Waals surface area contributed by atoms with Gasteiger partial charge in [0.15, 0.2) is 0 Å². The minimum Gasteiger partial charge on any atom is -0.326 e. The maximum absolute atomic E-state index is 11.4. The van der Waals surface area contributed by atoms with E-state index in [0.717, 1.165) is 31.7 Å². The molecule has 1 aromatic carbocycles. The maximum atomic E-state index is 11.4. The number of hydrogen-bond donors (Lipinski definition) is 1. The number of rotatable bonds is 1. The summed E-state index contributed by atoms with van der Waals surface area (Å²) >= 11 is 0. The molecule has 2 heterocycles. The molecule has 0 spiro atoms. The summed E-state index contributed by atoms with van der Waals surface area (Å²) < 4.78 is 0.